The molecule has 1 aromatic carbocycles. The van der Waals surface area contributed by atoms with Crippen LogP contribution in [0.1, 0.15) is 16.1 Å². The van der Waals surface area contributed by atoms with Crippen LogP contribution in [0.15, 0.2) is 34.8 Å². The minimum Gasteiger partial charge on any atom is -0.352 e. The largest absolute Gasteiger partial charge is 0.352 e. The first-order chi connectivity index (χ1) is 9.70. The van der Waals surface area contributed by atoms with E-state index in [0.717, 1.165) is 28.8 Å². The molecule has 1 heterocycles. The van der Waals surface area contributed by atoms with Gasteiger partial charge in [-0.1, -0.05) is 29.8 Å². The topological polar surface area (TPSA) is 49.3 Å². The van der Waals surface area contributed by atoms with Crippen LogP contribution in [0.3, 0.4) is 0 Å². The van der Waals surface area contributed by atoms with Crippen molar-refractivity contribution in [3.8, 4) is 0 Å². The average Bonchev–Trinajstić information content (AvgIpc) is 2.86. The van der Waals surface area contributed by atoms with E-state index in [1.807, 2.05) is 36.7 Å². The quantitative estimate of drug-likeness (QED) is 0.674. The lowest BCUT2D eigenvalue weighted by molar-refractivity contribution is 0.812. The van der Waals surface area contributed by atoms with Crippen molar-refractivity contribution >= 4 is 28.9 Å². The Bertz CT molecular complexity index is 594. The van der Waals surface area contributed by atoms with Crippen molar-refractivity contribution < 1.29 is 0 Å². The number of guanidine groups is 1. The Balaban J connectivity index is 1.87. The predicted octanol–water partition coefficient (Wildman–Crippen LogP) is 2.97. The highest BCUT2D eigenvalue weighted by atomic mass is 35.5. The summed E-state index contributed by atoms with van der Waals surface area (Å²) >= 11 is 7.76. The second-order valence-electron chi connectivity index (χ2n) is 4.23. The number of nitrogens with zero attached hydrogens (tertiary/aromatic N) is 2. The van der Waals surface area contributed by atoms with Gasteiger partial charge < -0.3 is 10.6 Å². The van der Waals surface area contributed by atoms with Gasteiger partial charge in [0.2, 0.25) is 0 Å². The first-order valence-corrected chi connectivity index (χ1v) is 7.53. The molecular weight excluding hydrogens is 292 g/mol. The summed E-state index contributed by atoms with van der Waals surface area (Å²) in [6, 6.07) is 7.77. The van der Waals surface area contributed by atoms with Gasteiger partial charge in [0.15, 0.2) is 5.96 Å². The summed E-state index contributed by atoms with van der Waals surface area (Å²) in [7, 11) is 1.75. The lowest BCUT2D eigenvalue weighted by Gasteiger charge is -2.12. The van der Waals surface area contributed by atoms with Gasteiger partial charge in [0.25, 0.3) is 0 Å². The third kappa shape index (κ3) is 3.95. The van der Waals surface area contributed by atoms with E-state index in [-0.39, 0.29) is 0 Å². The zero-order chi connectivity index (χ0) is 14.4. The van der Waals surface area contributed by atoms with E-state index in [2.05, 4.69) is 20.6 Å². The maximum Gasteiger partial charge on any atom is 0.191 e. The predicted molar refractivity (Wildman–Crippen MR) is 85.3 cm³/mol. The van der Waals surface area contributed by atoms with E-state index < -0.39 is 0 Å². The molecule has 0 unspecified atom stereocenters. The van der Waals surface area contributed by atoms with Crippen LogP contribution in [0.25, 0.3) is 0 Å². The minimum atomic E-state index is 0.640. The molecule has 4 nitrogen and oxygen atoms in total. The zero-order valence-electron chi connectivity index (χ0n) is 11.5. The molecule has 20 heavy (non-hydrogen) atoms. The number of nitrogens with one attached hydrogen (secondary N) is 2. The molecule has 106 valence electrons. The van der Waals surface area contributed by atoms with Crippen LogP contribution in [-0.4, -0.2) is 18.0 Å². The Labute approximate surface area is 127 Å². The van der Waals surface area contributed by atoms with E-state index in [4.69, 9.17) is 11.6 Å². The Kier molecular flexibility index (Phi) is 5.38. The molecule has 0 radical (unpaired) electrons. The maximum absolute atomic E-state index is 6.12. The normalized spacial score (nSPS) is 11.4. The molecule has 0 saturated heterocycles. The summed E-state index contributed by atoms with van der Waals surface area (Å²) < 4.78 is 0. The fourth-order valence-electron chi connectivity index (χ4n) is 1.70. The van der Waals surface area contributed by atoms with Crippen molar-refractivity contribution in [2.45, 2.75) is 20.0 Å². The summed E-state index contributed by atoms with van der Waals surface area (Å²) in [6.45, 7) is 3.37. The van der Waals surface area contributed by atoms with Crippen LogP contribution in [0, 0.1) is 6.92 Å². The molecule has 0 aliphatic heterocycles. The molecule has 2 N–H and O–H groups in total. The number of thiazole rings is 1. The summed E-state index contributed by atoms with van der Waals surface area (Å²) in [6.07, 6.45) is 0. The smallest absolute Gasteiger partial charge is 0.191 e. The molecule has 1 aromatic heterocycles. The van der Waals surface area contributed by atoms with Crippen LogP contribution >= 0.6 is 22.9 Å². The number of aryl methyl sites for hydroxylation is 1. The molecule has 0 amide bonds. The van der Waals surface area contributed by atoms with Gasteiger partial charge in [0.05, 0.1) is 17.7 Å². The third-order valence-electron chi connectivity index (χ3n) is 2.89. The molecule has 2 rings (SSSR count). The van der Waals surface area contributed by atoms with Gasteiger partial charge in [0, 0.05) is 23.5 Å². The van der Waals surface area contributed by atoms with Gasteiger partial charge in [-0.2, -0.15) is 0 Å². The van der Waals surface area contributed by atoms with Gasteiger partial charge in [-0.25, -0.2) is 4.98 Å². The third-order valence-corrected chi connectivity index (χ3v) is 4.19. The Morgan fingerprint density at radius 1 is 1.30 bits per heavy atom. The fourth-order valence-corrected chi connectivity index (χ4v) is 2.62. The lowest BCUT2D eigenvalue weighted by atomic mass is 10.2. The number of halogens is 1. The number of aliphatic imine (C=N–C) groups is 1. The molecule has 0 saturated carbocycles. The van der Waals surface area contributed by atoms with E-state index in [1.165, 1.54) is 4.88 Å². The molecule has 6 heteroatoms. The highest BCUT2D eigenvalue weighted by Gasteiger charge is 2.04. The number of benzene rings is 1. The summed E-state index contributed by atoms with van der Waals surface area (Å²) in [5.74, 6) is 0.748. The molecule has 0 atom stereocenters. The second kappa shape index (κ2) is 7.26. The molecule has 0 fully saturated rings. The fraction of sp³-hybridized carbons (Fsp3) is 0.286. The SMILES string of the molecule is CN=C(NCc1ccccc1Cl)NCc1scnc1C. The van der Waals surface area contributed by atoms with Crippen molar-refractivity contribution in [2.24, 2.45) is 4.99 Å². The molecule has 0 aliphatic rings. The number of hydrogen-bond donors (Lipinski definition) is 2. The van der Waals surface area contributed by atoms with Crippen molar-refractivity contribution in [2.75, 3.05) is 7.05 Å². The Morgan fingerprint density at radius 2 is 2.05 bits per heavy atom. The number of rotatable bonds is 4. The monoisotopic (exact) mass is 308 g/mol. The molecule has 0 bridgehead atoms. The Morgan fingerprint density at radius 3 is 2.70 bits per heavy atom. The highest BCUT2D eigenvalue weighted by molar-refractivity contribution is 7.09. The van der Waals surface area contributed by atoms with Gasteiger partial charge in [-0.05, 0) is 18.6 Å². The molecule has 0 aliphatic carbocycles. The van der Waals surface area contributed by atoms with E-state index in [1.54, 1.807) is 18.4 Å². The van der Waals surface area contributed by atoms with Crippen LogP contribution in [0.2, 0.25) is 5.02 Å². The standard InChI is InChI=1S/C14H17ClN4S/c1-10-13(20-9-19-10)8-18-14(16-2)17-7-11-5-3-4-6-12(11)15/h3-6,9H,7-8H2,1-2H3,(H2,16,17,18). The number of aromatic nitrogens is 1. The first kappa shape index (κ1) is 14.8. The highest BCUT2D eigenvalue weighted by Crippen LogP contribution is 2.14. The van der Waals surface area contributed by atoms with Crippen LogP contribution in [0.5, 0.6) is 0 Å². The van der Waals surface area contributed by atoms with Gasteiger partial charge in [-0.3, -0.25) is 4.99 Å². The van der Waals surface area contributed by atoms with Crippen molar-refractivity contribution in [3.63, 3.8) is 0 Å². The lowest BCUT2D eigenvalue weighted by Crippen LogP contribution is -2.36. The van der Waals surface area contributed by atoms with E-state index in [9.17, 15) is 0 Å². The summed E-state index contributed by atoms with van der Waals surface area (Å²) in [5.41, 5.74) is 3.96. The summed E-state index contributed by atoms with van der Waals surface area (Å²) in [4.78, 5) is 9.64. The van der Waals surface area contributed by atoms with Crippen molar-refractivity contribution in [1.29, 1.82) is 0 Å². The van der Waals surface area contributed by atoms with Crippen LogP contribution < -0.4 is 10.6 Å². The summed E-state index contributed by atoms with van der Waals surface area (Å²) in [5, 5.41) is 7.27. The zero-order valence-corrected chi connectivity index (χ0v) is 13.1. The second-order valence-corrected chi connectivity index (χ2v) is 5.58. The van der Waals surface area contributed by atoms with Gasteiger partial charge in [0.1, 0.15) is 0 Å². The first-order valence-electron chi connectivity index (χ1n) is 6.27. The van der Waals surface area contributed by atoms with Gasteiger partial charge >= 0.3 is 0 Å². The van der Waals surface area contributed by atoms with Crippen molar-refractivity contribution in [3.05, 3.63) is 50.9 Å². The molecule has 2 aromatic rings. The van der Waals surface area contributed by atoms with Crippen LogP contribution in [0.4, 0.5) is 0 Å². The van der Waals surface area contributed by atoms with Gasteiger partial charge in [-0.15, -0.1) is 11.3 Å². The maximum atomic E-state index is 6.12. The van der Waals surface area contributed by atoms with Crippen molar-refractivity contribution in [1.82, 2.24) is 15.6 Å². The minimum absolute atomic E-state index is 0.640. The Hall–Kier alpha value is -1.59. The van der Waals surface area contributed by atoms with E-state index in [0.29, 0.717) is 6.54 Å². The number of hydrogen-bond acceptors (Lipinski definition) is 3. The average molecular weight is 309 g/mol. The van der Waals surface area contributed by atoms with Crippen LogP contribution in [-0.2, 0) is 13.1 Å². The molecule has 0 spiro atoms. The van der Waals surface area contributed by atoms with E-state index >= 15 is 0 Å². The molecular formula is C14H17ClN4S.